The van der Waals surface area contributed by atoms with Crippen molar-refractivity contribution >= 4 is 5.97 Å². The maximum atomic E-state index is 10.9. The van der Waals surface area contributed by atoms with E-state index in [1.165, 1.54) is 0 Å². The van der Waals surface area contributed by atoms with Crippen LogP contribution in [0.5, 0.6) is 0 Å². The minimum atomic E-state index is -0.708. The van der Waals surface area contributed by atoms with Crippen molar-refractivity contribution in [1.29, 1.82) is 0 Å². The summed E-state index contributed by atoms with van der Waals surface area (Å²) in [5, 5.41) is 8.99. The molecular weight excluding hydrogens is 190 g/mol. The molecule has 90 valence electrons. The molecule has 0 bridgehead atoms. The smallest absolute Gasteiger partial charge is 0.309 e. The molecule has 0 unspecified atom stereocenters. The van der Waals surface area contributed by atoms with Crippen LogP contribution in [-0.4, -0.2) is 35.6 Å². The van der Waals surface area contributed by atoms with E-state index >= 15 is 0 Å². The van der Waals surface area contributed by atoms with E-state index in [1.807, 2.05) is 0 Å². The summed E-state index contributed by atoms with van der Waals surface area (Å²) in [7, 11) is 2.08. The SMILES string of the molecule is CCC(CC)N(C)CCC(C)(C)C(=O)O. The molecule has 3 heteroatoms. The Labute approximate surface area is 93.5 Å². The number of carboxylic acids is 1. The van der Waals surface area contributed by atoms with Gasteiger partial charge >= 0.3 is 5.97 Å². The van der Waals surface area contributed by atoms with E-state index in [0.29, 0.717) is 12.5 Å². The lowest BCUT2D eigenvalue weighted by molar-refractivity contribution is -0.147. The Hall–Kier alpha value is -0.570. The first-order valence-electron chi connectivity index (χ1n) is 5.78. The summed E-state index contributed by atoms with van der Waals surface area (Å²) in [6, 6.07) is 0.578. The Morgan fingerprint density at radius 1 is 1.33 bits per heavy atom. The summed E-state index contributed by atoms with van der Waals surface area (Å²) < 4.78 is 0. The third-order valence-electron chi connectivity index (χ3n) is 3.23. The van der Waals surface area contributed by atoms with Crippen LogP contribution < -0.4 is 0 Å². The molecule has 0 heterocycles. The van der Waals surface area contributed by atoms with E-state index in [-0.39, 0.29) is 0 Å². The highest BCUT2D eigenvalue weighted by atomic mass is 16.4. The highest BCUT2D eigenvalue weighted by Gasteiger charge is 2.27. The highest BCUT2D eigenvalue weighted by Crippen LogP contribution is 2.21. The topological polar surface area (TPSA) is 40.5 Å². The number of rotatable bonds is 7. The summed E-state index contributed by atoms with van der Waals surface area (Å²) in [5.41, 5.74) is -0.611. The van der Waals surface area contributed by atoms with E-state index in [1.54, 1.807) is 13.8 Å². The molecule has 0 aliphatic rings. The van der Waals surface area contributed by atoms with E-state index in [4.69, 9.17) is 5.11 Å². The number of carboxylic acid groups (broad SMARTS) is 1. The van der Waals surface area contributed by atoms with Gasteiger partial charge in [0.15, 0.2) is 0 Å². The monoisotopic (exact) mass is 215 g/mol. The summed E-state index contributed by atoms with van der Waals surface area (Å²) in [4.78, 5) is 13.2. The zero-order valence-electron chi connectivity index (χ0n) is 10.7. The zero-order chi connectivity index (χ0) is 12.1. The average molecular weight is 215 g/mol. The standard InChI is InChI=1S/C12H25NO2/c1-6-10(7-2)13(5)9-8-12(3,4)11(14)15/h10H,6-9H2,1-5H3,(H,14,15). The summed E-state index contributed by atoms with van der Waals surface area (Å²) >= 11 is 0. The Morgan fingerprint density at radius 3 is 2.13 bits per heavy atom. The van der Waals surface area contributed by atoms with Crippen LogP contribution in [0.3, 0.4) is 0 Å². The molecule has 3 nitrogen and oxygen atoms in total. The van der Waals surface area contributed by atoms with Crippen molar-refractivity contribution in [2.45, 2.75) is 53.0 Å². The van der Waals surface area contributed by atoms with Gasteiger partial charge in [0, 0.05) is 6.04 Å². The minimum absolute atomic E-state index is 0.578. The molecule has 0 amide bonds. The molecule has 0 aromatic rings. The quantitative estimate of drug-likeness (QED) is 0.709. The number of aliphatic carboxylic acids is 1. The van der Waals surface area contributed by atoms with E-state index in [9.17, 15) is 4.79 Å². The number of nitrogens with zero attached hydrogens (tertiary/aromatic N) is 1. The van der Waals surface area contributed by atoms with Gasteiger partial charge in [-0.25, -0.2) is 0 Å². The van der Waals surface area contributed by atoms with Crippen molar-refractivity contribution in [2.75, 3.05) is 13.6 Å². The van der Waals surface area contributed by atoms with E-state index in [0.717, 1.165) is 19.4 Å². The van der Waals surface area contributed by atoms with Crippen molar-refractivity contribution in [3.05, 3.63) is 0 Å². The molecule has 0 saturated heterocycles. The van der Waals surface area contributed by atoms with Crippen LogP contribution in [0.25, 0.3) is 0 Å². The lowest BCUT2D eigenvalue weighted by atomic mass is 9.89. The predicted octanol–water partition coefficient (Wildman–Crippen LogP) is 2.61. The van der Waals surface area contributed by atoms with Gasteiger partial charge in [0.1, 0.15) is 0 Å². The summed E-state index contributed by atoms with van der Waals surface area (Å²) in [5.74, 6) is -0.708. The van der Waals surface area contributed by atoms with Crippen molar-refractivity contribution < 1.29 is 9.90 Å². The molecule has 0 aromatic heterocycles. The van der Waals surface area contributed by atoms with Crippen molar-refractivity contribution in [3.63, 3.8) is 0 Å². The largest absolute Gasteiger partial charge is 0.481 e. The second kappa shape index (κ2) is 6.11. The molecule has 0 aliphatic heterocycles. The van der Waals surface area contributed by atoms with Crippen molar-refractivity contribution in [3.8, 4) is 0 Å². The van der Waals surface area contributed by atoms with E-state index in [2.05, 4.69) is 25.8 Å². The first-order chi connectivity index (χ1) is 6.85. The maximum absolute atomic E-state index is 10.9. The molecule has 0 aromatic carbocycles. The molecule has 0 fully saturated rings. The lowest BCUT2D eigenvalue weighted by Crippen LogP contribution is -2.35. The molecule has 15 heavy (non-hydrogen) atoms. The second-order valence-corrected chi connectivity index (χ2v) is 4.89. The minimum Gasteiger partial charge on any atom is -0.481 e. The van der Waals surface area contributed by atoms with Crippen LogP contribution >= 0.6 is 0 Å². The first-order valence-corrected chi connectivity index (χ1v) is 5.78. The van der Waals surface area contributed by atoms with Gasteiger partial charge in [-0.15, -0.1) is 0 Å². The average Bonchev–Trinajstić information content (AvgIpc) is 2.16. The van der Waals surface area contributed by atoms with Gasteiger partial charge in [-0.2, -0.15) is 0 Å². The van der Waals surface area contributed by atoms with Gasteiger partial charge in [0.2, 0.25) is 0 Å². The molecule has 1 N–H and O–H groups in total. The third kappa shape index (κ3) is 4.65. The van der Waals surface area contributed by atoms with Gasteiger partial charge < -0.3 is 10.0 Å². The molecule has 0 aliphatic carbocycles. The van der Waals surface area contributed by atoms with Crippen LogP contribution in [0, 0.1) is 5.41 Å². The van der Waals surface area contributed by atoms with Crippen LogP contribution in [0.2, 0.25) is 0 Å². The fraction of sp³-hybridized carbons (Fsp3) is 0.917. The molecule has 0 atom stereocenters. The molecule has 0 radical (unpaired) electrons. The van der Waals surface area contributed by atoms with Crippen molar-refractivity contribution in [1.82, 2.24) is 4.90 Å². The van der Waals surface area contributed by atoms with Gasteiger partial charge in [0.25, 0.3) is 0 Å². The molecule has 0 saturated carbocycles. The normalized spacial score (nSPS) is 12.5. The highest BCUT2D eigenvalue weighted by molar-refractivity contribution is 5.73. The number of carbonyl (C=O) groups is 1. The second-order valence-electron chi connectivity index (χ2n) is 4.89. The lowest BCUT2D eigenvalue weighted by Gasteiger charge is -2.29. The number of hydrogen-bond donors (Lipinski definition) is 1. The van der Waals surface area contributed by atoms with Crippen LogP contribution in [0.4, 0.5) is 0 Å². The van der Waals surface area contributed by atoms with Gasteiger partial charge in [-0.3, -0.25) is 4.79 Å². The number of hydrogen-bond acceptors (Lipinski definition) is 2. The van der Waals surface area contributed by atoms with Crippen LogP contribution in [-0.2, 0) is 4.79 Å². The Balaban J connectivity index is 4.09. The summed E-state index contributed by atoms with van der Waals surface area (Å²) in [6.07, 6.45) is 2.95. The predicted molar refractivity (Wildman–Crippen MR) is 63.0 cm³/mol. The maximum Gasteiger partial charge on any atom is 0.309 e. The van der Waals surface area contributed by atoms with Crippen LogP contribution in [0.1, 0.15) is 47.0 Å². The van der Waals surface area contributed by atoms with Gasteiger partial charge in [-0.05, 0) is 46.7 Å². The Morgan fingerprint density at radius 2 is 1.80 bits per heavy atom. The van der Waals surface area contributed by atoms with Gasteiger partial charge in [0.05, 0.1) is 5.41 Å². The molecule has 0 spiro atoms. The summed E-state index contributed by atoms with van der Waals surface area (Å²) in [6.45, 7) is 8.78. The fourth-order valence-corrected chi connectivity index (χ4v) is 1.66. The zero-order valence-corrected chi connectivity index (χ0v) is 10.7. The van der Waals surface area contributed by atoms with Gasteiger partial charge in [-0.1, -0.05) is 13.8 Å². The van der Waals surface area contributed by atoms with Crippen molar-refractivity contribution in [2.24, 2.45) is 5.41 Å². The third-order valence-corrected chi connectivity index (χ3v) is 3.23. The van der Waals surface area contributed by atoms with Crippen LogP contribution in [0.15, 0.2) is 0 Å². The Kier molecular flexibility index (Phi) is 5.88. The van der Waals surface area contributed by atoms with E-state index < -0.39 is 11.4 Å². The first kappa shape index (κ1) is 14.4. The fourth-order valence-electron chi connectivity index (χ4n) is 1.66. The Bertz CT molecular complexity index is 198. The molecular formula is C12H25NO2. The molecule has 0 rings (SSSR count).